The zero-order valence-electron chi connectivity index (χ0n) is 21.9. The van der Waals surface area contributed by atoms with E-state index in [9.17, 15) is 5.11 Å². The predicted octanol–water partition coefficient (Wildman–Crippen LogP) is 8.96. The van der Waals surface area contributed by atoms with Gasteiger partial charge in [-0.1, -0.05) is 67.4 Å². The summed E-state index contributed by atoms with van der Waals surface area (Å²) in [7, 11) is 0. The number of fused-ring (bicyclic) bond motifs is 1. The van der Waals surface area contributed by atoms with Crippen LogP contribution in [0, 0.1) is 22.7 Å². The molecule has 1 nitrogen and oxygen atoms in total. The molecule has 0 aliphatic heterocycles. The molecule has 2 aliphatic rings. The van der Waals surface area contributed by atoms with E-state index in [1.807, 2.05) is 0 Å². The predicted molar refractivity (Wildman–Crippen MR) is 137 cm³/mol. The maximum atomic E-state index is 10.6. The van der Waals surface area contributed by atoms with Crippen LogP contribution in [0.1, 0.15) is 113 Å². The van der Waals surface area contributed by atoms with E-state index in [1.165, 1.54) is 48.8 Å². The smallest absolute Gasteiger partial charge is 0.0594 e. The molecule has 0 amide bonds. The number of hydrogen-bond donors (Lipinski definition) is 1. The largest absolute Gasteiger partial charge is 0.393 e. The third kappa shape index (κ3) is 6.70. The molecule has 1 fully saturated rings. The van der Waals surface area contributed by atoms with Crippen molar-refractivity contribution in [3.8, 4) is 0 Å². The molecule has 2 aliphatic carbocycles. The van der Waals surface area contributed by atoms with Gasteiger partial charge in [0.15, 0.2) is 0 Å². The first kappa shape index (κ1) is 26.2. The molecule has 0 saturated heterocycles. The summed E-state index contributed by atoms with van der Waals surface area (Å²) in [6.45, 7) is 18.4. The Morgan fingerprint density at radius 2 is 1.55 bits per heavy atom. The SMILES string of the molecule is CC(C)=CCCC(C)=CCCC(C)=CCCC1C(C)=CCC2C(C)(C)C(O)CCC12C. The van der Waals surface area contributed by atoms with E-state index >= 15 is 0 Å². The fourth-order valence-corrected chi connectivity index (χ4v) is 6.42. The van der Waals surface area contributed by atoms with Gasteiger partial charge in [-0.05, 0) is 115 Å². The lowest BCUT2D eigenvalue weighted by atomic mass is 9.47. The molecule has 0 heterocycles. The van der Waals surface area contributed by atoms with Crippen molar-refractivity contribution in [2.45, 2.75) is 119 Å². The van der Waals surface area contributed by atoms with Crippen LogP contribution in [0.15, 0.2) is 46.6 Å². The Balaban J connectivity index is 1.90. The standard InChI is InChI=1S/C30H50O/c1-22(2)12-9-13-23(3)14-10-15-24(4)16-11-17-26-25(5)18-19-27-29(6,7)28(31)20-21-30(26,27)8/h12,14,16,18,26-28,31H,9-11,13,15,17,19-21H2,1-8H3. The van der Waals surface area contributed by atoms with Gasteiger partial charge in [0.2, 0.25) is 0 Å². The van der Waals surface area contributed by atoms with Crippen LogP contribution in [0.25, 0.3) is 0 Å². The average Bonchev–Trinajstić information content (AvgIpc) is 2.67. The van der Waals surface area contributed by atoms with Crippen LogP contribution in [0.4, 0.5) is 0 Å². The van der Waals surface area contributed by atoms with E-state index in [0.717, 1.165) is 25.7 Å². The van der Waals surface area contributed by atoms with Gasteiger partial charge >= 0.3 is 0 Å². The molecule has 0 radical (unpaired) electrons. The molecule has 4 unspecified atom stereocenters. The van der Waals surface area contributed by atoms with E-state index < -0.39 is 0 Å². The first-order valence-corrected chi connectivity index (χ1v) is 12.8. The Morgan fingerprint density at radius 1 is 0.968 bits per heavy atom. The molecule has 0 aromatic rings. The van der Waals surface area contributed by atoms with Crippen LogP contribution in [-0.2, 0) is 0 Å². The van der Waals surface area contributed by atoms with E-state index in [-0.39, 0.29) is 11.5 Å². The summed E-state index contributed by atoms with van der Waals surface area (Å²) in [5.41, 5.74) is 6.41. The lowest BCUT2D eigenvalue weighted by Gasteiger charge is -2.58. The second-order valence-corrected chi connectivity index (χ2v) is 11.7. The minimum Gasteiger partial charge on any atom is -0.393 e. The summed E-state index contributed by atoms with van der Waals surface area (Å²) in [5, 5.41) is 10.6. The van der Waals surface area contributed by atoms with Crippen LogP contribution in [0.2, 0.25) is 0 Å². The maximum Gasteiger partial charge on any atom is 0.0594 e. The molecule has 4 atom stereocenters. The topological polar surface area (TPSA) is 20.2 Å². The van der Waals surface area contributed by atoms with E-state index in [2.05, 4.69) is 79.7 Å². The zero-order valence-corrected chi connectivity index (χ0v) is 21.9. The molecule has 0 spiro atoms. The number of allylic oxidation sites excluding steroid dienone is 8. The molecular weight excluding hydrogens is 376 g/mol. The highest BCUT2D eigenvalue weighted by Gasteiger charge is 2.54. The van der Waals surface area contributed by atoms with Gasteiger partial charge < -0.3 is 5.11 Å². The molecule has 1 N–H and O–H groups in total. The average molecular weight is 427 g/mol. The number of aliphatic hydroxyl groups is 1. The molecule has 0 bridgehead atoms. The van der Waals surface area contributed by atoms with Crippen LogP contribution >= 0.6 is 0 Å². The van der Waals surface area contributed by atoms with Crippen molar-refractivity contribution in [3.63, 3.8) is 0 Å². The van der Waals surface area contributed by atoms with Crippen LogP contribution in [-0.4, -0.2) is 11.2 Å². The summed E-state index contributed by atoms with van der Waals surface area (Å²) in [6.07, 6.45) is 20.0. The lowest BCUT2D eigenvalue weighted by molar-refractivity contribution is -0.115. The Hall–Kier alpha value is -1.08. The molecule has 1 saturated carbocycles. The fraction of sp³-hybridized carbons (Fsp3) is 0.733. The second-order valence-electron chi connectivity index (χ2n) is 11.7. The first-order chi connectivity index (χ1) is 14.5. The van der Waals surface area contributed by atoms with Crippen molar-refractivity contribution in [2.24, 2.45) is 22.7 Å². The zero-order chi connectivity index (χ0) is 23.2. The third-order valence-corrected chi connectivity index (χ3v) is 8.60. The Bertz CT molecular complexity index is 713. The van der Waals surface area contributed by atoms with Gasteiger partial charge in [-0.15, -0.1) is 0 Å². The van der Waals surface area contributed by atoms with E-state index in [4.69, 9.17) is 0 Å². The minimum absolute atomic E-state index is 0.0179. The first-order valence-electron chi connectivity index (χ1n) is 12.8. The van der Waals surface area contributed by atoms with Crippen molar-refractivity contribution in [2.75, 3.05) is 0 Å². The summed E-state index contributed by atoms with van der Waals surface area (Å²) in [5.74, 6) is 1.24. The highest BCUT2D eigenvalue weighted by atomic mass is 16.3. The Labute approximate surface area is 193 Å². The summed E-state index contributed by atoms with van der Waals surface area (Å²) >= 11 is 0. The van der Waals surface area contributed by atoms with Crippen LogP contribution in [0.5, 0.6) is 0 Å². The highest BCUT2D eigenvalue weighted by Crippen LogP contribution is 2.60. The van der Waals surface area contributed by atoms with Gasteiger partial charge in [0.05, 0.1) is 6.10 Å². The van der Waals surface area contributed by atoms with Crippen molar-refractivity contribution >= 4 is 0 Å². The van der Waals surface area contributed by atoms with Crippen molar-refractivity contribution in [1.29, 1.82) is 0 Å². The van der Waals surface area contributed by atoms with Crippen LogP contribution < -0.4 is 0 Å². The third-order valence-electron chi connectivity index (χ3n) is 8.60. The molecule has 2 rings (SSSR count). The minimum atomic E-state index is -0.154. The van der Waals surface area contributed by atoms with Crippen molar-refractivity contribution < 1.29 is 5.11 Å². The van der Waals surface area contributed by atoms with Crippen molar-refractivity contribution in [3.05, 3.63) is 46.6 Å². The lowest BCUT2D eigenvalue weighted by Crippen LogP contribution is -2.54. The monoisotopic (exact) mass is 426 g/mol. The van der Waals surface area contributed by atoms with Crippen LogP contribution in [0.3, 0.4) is 0 Å². The van der Waals surface area contributed by atoms with Gasteiger partial charge in [0.1, 0.15) is 0 Å². The summed E-state index contributed by atoms with van der Waals surface area (Å²) in [6, 6.07) is 0. The summed E-state index contributed by atoms with van der Waals surface area (Å²) in [4.78, 5) is 0. The molecular formula is C30H50O. The van der Waals surface area contributed by atoms with E-state index in [1.54, 1.807) is 5.57 Å². The Kier molecular flexibility index (Phi) is 9.43. The number of hydrogen-bond acceptors (Lipinski definition) is 1. The normalized spacial score (nSPS) is 31.1. The van der Waals surface area contributed by atoms with Gasteiger partial charge in [-0.3, -0.25) is 0 Å². The summed E-state index contributed by atoms with van der Waals surface area (Å²) < 4.78 is 0. The molecule has 1 heteroatoms. The number of aliphatic hydroxyl groups excluding tert-OH is 1. The quantitative estimate of drug-likeness (QED) is 0.365. The highest BCUT2D eigenvalue weighted by molar-refractivity contribution is 5.19. The second kappa shape index (κ2) is 11.2. The fourth-order valence-electron chi connectivity index (χ4n) is 6.42. The Morgan fingerprint density at radius 3 is 2.16 bits per heavy atom. The molecule has 176 valence electrons. The maximum absolute atomic E-state index is 10.6. The molecule has 31 heavy (non-hydrogen) atoms. The van der Waals surface area contributed by atoms with E-state index in [0.29, 0.717) is 17.3 Å². The van der Waals surface area contributed by atoms with Gasteiger partial charge in [0, 0.05) is 0 Å². The van der Waals surface area contributed by atoms with Gasteiger partial charge in [0.25, 0.3) is 0 Å². The van der Waals surface area contributed by atoms with Crippen molar-refractivity contribution in [1.82, 2.24) is 0 Å². The number of rotatable bonds is 9. The van der Waals surface area contributed by atoms with Gasteiger partial charge in [-0.25, -0.2) is 0 Å². The van der Waals surface area contributed by atoms with Gasteiger partial charge in [-0.2, -0.15) is 0 Å². The molecule has 0 aromatic carbocycles. The molecule has 0 aromatic heterocycles.